The third-order valence-electron chi connectivity index (χ3n) is 6.50. The zero-order valence-corrected chi connectivity index (χ0v) is 23.6. The highest BCUT2D eigenvalue weighted by atomic mass is 79.9. The smallest absolute Gasteiger partial charge is 0.225 e. The Balaban J connectivity index is 2.68. The Bertz CT molecular complexity index is 727. The molecule has 0 bridgehead atoms. The molecule has 0 unspecified atom stereocenters. The molecule has 0 saturated carbocycles. The van der Waals surface area contributed by atoms with Crippen LogP contribution in [-0.4, -0.2) is 50.0 Å². The first-order chi connectivity index (χ1) is 16.0. The summed E-state index contributed by atoms with van der Waals surface area (Å²) in [7, 11) is 1.69. The van der Waals surface area contributed by atoms with Crippen LogP contribution in [0.4, 0.5) is 0 Å². The summed E-state index contributed by atoms with van der Waals surface area (Å²) in [5.74, 6) is 1.49. The van der Waals surface area contributed by atoms with E-state index >= 15 is 0 Å². The van der Waals surface area contributed by atoms with Crippen molar-refractivity contribution in [3.8, 4) is 5.75 Å². The second-order valence-corrected chi connectivity index (χ2v) is 11.2. The van der Waals surface area contributed by atoms with Gasteiger partial charge in [-0.15, -0.1) is 0 Å². The topological polar surface area (TPSA) is 93.8 Å². The van der Waals surface area contributed by atoms with Gasteiger partial charge >= 0.3 is 0 Å². The van der Waals surface area contributed by atoms with Crippen LogP contribution in [0.2, 0.25) is 0 Å². The van der Waals surface area contributed by atoms with Crippen LogP contribution in [0.3, 0.4) is 0 Å². The van der Waals surface area contributed by atoms with Gasteiger partial charge in [0.05, 0.1) is 17.2 Å². The quantitative estimate of drug-likeness (QED) is 0.238. The van der Waals surface area contributed by atoms with Crippen molar-refractivity contribution in [1.82, 2.24) is 5.32 Å². The first-order valence-electron chi connectivity index (χ1n) is 12.6. The van der Waals surface area contributed by atoms with Crippen molar-refractivity contribution in [2.24, 2.45) is 23.0 Å². The van der Waals surface area contributed by atoms with Crippen molar-refractivity contribution in [2.45, 2.75) is 85.3 Å². The number of nitrogens with one attached hydrogen (secondary N) is 1. The van der Waals surface area contributed by atoms with Crippen molar-refractivity contribution in [1.29, 1.82) is 0 Å². The molecule has 1 aromatic rings. The van der Waals surface area contributed by atoms with Gasteiger partial charge in [-0.2, -0.15) is 0 Å². The van der Waals surface area contributed by atoms with Gasteiger partial charge in [-0.25, -0.2) is 0 Å². The molecule has 7 heteroatoms. The van der Waals surface area contributed by atoms with Crippen LogP contribution in [0.15, 0.2) is 22.7 Å². The second kappa shape index (κ2) is 15.8. The minimum absolute atomic E-state index is 0.0273. The molecule has 1 amide bonds. The fourth-order valence-electron chi connectivity index (χ4n) is 3.89. The average molecular weight is 544 g/mol. The summed E-state index contributed by atoms with van der Waals surface area (Å²) < 4.78 is 11.9. The highest BCUT2D eigenvalue weighted by Crippen LogP contribution is 2.30. The maximum atomic E-state index is 12.6. The molecular weight excluding hydrogens is 496 g/mol. The minimum Gasteiger partial charge on any atom is -0.492 e. The number of rotatable bonds is 17. The monoisotopic (exact) mass is 542 g/mol. The number of carbonyl (C=O) groups excluding carboxylic acids is 1. The number of aliphatic hydroxyl groups excluding tert-OH is 1. The SMILES string of the molecule is CCCCC(C)(C)C(=O)NC[C@H](O)[C@@H](N)C[C@H](Cc1ccc(Br)c(OCCCOC)c1)C(C)C. The van der Waals surface area contributed by atoms with Gasteiger partial charge in [-0.3, -0.25) is 4.79 Å². The minimum atomic E-state index is -0.781. The summed E-state index contributed by atoms with van der Waals surface area (Å²) in [4.78, 5) is 12.6. The first-order valence-corrected chi connectivity index (χ1v) is 13.4. The number of methoxy groups -OCH3 is 1. The normalized spacial score (nSPS) is 14.6. The summed E-state index contributed by atoms with van der Waals surface area (Å²) in [6.07, 6.45) is 4.47. The van der Waals surface area contributed by atoms with Crippen molar-refractivity contribution in [3.63, 3.8) is 0 Å². The summed E-state index contributed by atoms with van der Waals surface area (Å²) in [6, 6.07) is 5.78. The predicted molar refractivity (Wildman–Crippen MR) is 143 cm³/mol. The Morgan fingerprint density at radius 2 is 1.94 bits per heavy atom. The van der Waals surface area contributed by atoms with Gasteiger partial charge < -0.3 is 25.6 Å². The summed E-state index contributed by atoms with van der Waals surface area (Å²) in [6.45, 7) is 11.8. The molecule has 196 valence electrons. The predicted octanol–water partition coefficient (Wildman–Crippen LogP) is 5.09. The molecule has 0 aliphatic rings. The number of ether oxygens (including phenoxy) is 2. The highest BCUT2D eigenvalue weighted by Gasteiger charge is 2.28. The van der Waals surface area contributed by atoms with Crippen molar-refractivity contribution < 1.29 is 19.4 Å². The number of benzene rings is 1. The largest absolute Gasteiger partial charge is 0.492 e. The van der Waals surface area contributed by atoms with E-state index in [2.05, 4.69) is 54.2 Å². The molecule has 0 saturated heterocycles. The van der Waals surface area contributed by atoms with E-state index in [1.807, 2.05) is 19.9 Å². The van der Waals surface area contributed by atoms with E-state index in [9.17, 15) is 9.90 Å². The molecule has 6 nitrogen and oxygen atoms in total. The Hall–Kier alpha value is -1.15. The number of hydrogen-bond acceptors (Lipinski definition) is 5. The number of halogens is 1. The second-order valence-electron chi connectivity index (χ2n) is 10.3. The van der Waals surface area contributed by atoms with Crippen LogP contribution in [0, 0.1) is 17.3 Å². The van der Waals surface area contributed by atoms with Gasteiger partial charge in [0.2, 0.25) is 5.91 Å². The molecule has 34 heavy (non-hydrogen) atoms. The molecular formula is C27H47BrN2O4. The van der Waals surface area contributed by atoms with E-state index in [0.29, 0.717) is 31.5 Å². The molecule has 0 aliphatic heterocycles. The molecule has 0 aliphatic carbocycles. The number of amides is 1. The third-order valence-corrected chi connectivity index (χ3v) is 7.15. The molecule has 0 fully saturated rings. The van der Waals surface area contributed by atoms with Gasteiger partial charge in [-0.05, 0) is 64.7 Å². The lowest BCUT2D eigenvalue weighted by atomic mass is 9.83. The summed E-state index contributed by atoms with van der Waals surface area (Å²) in [5.41, 5.74) is 7.13. The van der Waals surface area contributed by atoms with Gasteiger partial charge in [0.1, 0.15) is 5.75 Å². The van der Waals surface area contributed by atoms with Crippen LogP contribution in [-0.2, 0) is 16.0 Å². The van der Waals surface area contributed by atoms with E-state index in [0.717, 1.165) is 42.3 Å². The fourth-order valence-corrected chi connectivity index (χ4v) is 4.25. The van der Waals surface area contributed by atoms with Crippen LogP contribution >= 0.6 is 15.9 Å². The standard InChI is InChI=1S/C27H47BrN2O4/c1-7-8-12-27(4,5)26(32)30-18-24(31)23(29)17-21(19(2)3)15-20-10-11-22(28)25(16-20)34-14-9-13-33-6/h10-11,16,19,21,23-24,31H,7-9,12-15,17-18,29H2,1-6H3,(H,30,32)/t21-,23-,24-/m0/s1. The lowest BCUT2D eigenvalue weighted by molar-refractivity contribution is -0.130. The molecule has 0 radical (unpaired) electrons. The van der Waals surface area contributed by atoms with E-state index in [1.54, 1.807) is 7.11 Å². The summed E-state index contributed by atoms with van der Waals surface area (Å²) in [5, 5.41) is 13.6. The number of unbranched alkanes of at least 4 members (excludes halogenated alkanes) is 1. The van der Waals surface area contributed by atoms with Crippen molar-refractivity contribution >= 4 is 21.8 Å². The summed E-state index contributed by atoms with van der Waals surface area (Å²) >= 11 is 3.57. The van der Waals surface area contributed by atoms with Crippen LogP contribution in [0.25, 0.3) is 0 Å². The van der Waals surface area contributed by atoms with Crippen LogP contribution in [0.1, 0.15) is 72.3 Å². The number of aliphatic hydroxyl groups is 1. The maximum Gasteiger partial charge on any atom is 0.225 e. The van der Waals surface area contributed by atoms with Crippen molar-refractivity contribution in [2.75, 3.05) is 26.9 Å². The van der Waals surface area contributed by atoms with Crippen LogP contribution < -0.4 is 15.8 Å². The molecule has 1 rings (SSSR count). The van der Waals surface area contributed by atoms with E-state index < -0.39 is 17.6 Å². The van der Waals surface area contributed by atoms with Gasteiger partial charge in [-0.1, -0.05) is 53.5 Å². The highest BCUT2D eigenvalue weighted by molar-refractivity contribution is 9.10. The van der Waals surface area contributed by atoms with Gasteiger partial charge in [0, 0.05) is 38.1 Å². The molecule has 4 N–H and O–H groups in total. The molecule has 0 spiro atoms. The average Bonchev–Trinajstić information content (AvgIpc) is 2.79. The first kappa shape index (κ1) is 30.9. The zero-order chi connectivity index (χ0) is 25.7. The lowest BCUT2D eigenvalue weighted by Gasteiger charge is -2.29. The zero-order valence-electron chi connectivity index (χ0n) is 22.0. The number of nitrogens with two attached hydrogens (primary N) is 1. The van der Waals surface area contributed by atoms with Crippen molar-refractivity contribution in [3.05, 3.63) is 28.2 Å². The Kier molecular flexibility index (Phi) is 14.3. The maximum absolute atomic E-state index is 12.6. The molecule has 3 atom stereocenters. The Labute approximate surface area is 215 Å². The third kappa shape index (κ3) is 11.1. The number of hydrogen-bond donors (Lipinski definition) is 3. The van der Waals surface area contributed by atoms with E-state index in [4.69, 9.17) is 15.2 Å². The van der Waals surface area contributed by atoms with Gasteiger partial charge in [0.15, 0.2) is 0 Å². The van der Waals surface area contributed by atoms with E-state index in [-0.39, 0.29) is 12.5 Å². The molecule has 0 heterocycles. The van der Waals surface area contributed by atoms with Crippen LogP contribution in [0.5, 0.6) is 5.75 Å². The molecule has 0 aromatic heterocycles. The van der Waals surface area contributed by atoms with Gasteiger partial charge in [0.25, 0.3) is 0 Å². The Morgan fingerprint density at radius 1 is 1.24 bits per heavy atom. The Morgan fingerprint density at radius 3 is 2.56 bits per heavy atom. The molecule has 1 aromatic carbocycles. The fraction of sp³-hybridized carbons (Fsp3) is 0.741. The lowest BCUT2D eigenvalue weighted by Crippen LogP contribution is -2.47. The number of carbonyl (C=O) groups is 1. The van der Waals surface area contributed by atoms with E-state index in [1.165, 1.54) is 5.56 Å².